The molecule has 2 aromatic carbocycles. The van der Waals surface area contributed by atoms with Crippen LogP contribution < -0.4 is 10.3 Å². The van der Waals surface area contributed by atoms with E-state index >= 15 is 0 Å². The Kier molecular flexibility index (Phi) is 3.30. The van der Waals surface area contributed by atoms with Gasteiger partial charge >= 0.3 is 0 Å². The number of primary sulfonamides is 2. The van der Waals surface area contributed by atoms with Gasteiger partial charge in [-0.05, 0) is 35.4 Å². The largest absolute Gasteiger partial charge is 0.410 e. The van der Waals surface area contributed by atoms with Crippen molar-refractivity contribution in [3.8, 4) is 11.1 Å². The van der Waals surface area contributed by atoms with Crippen molar-refractivity contribution in [2.45, 2.75) is 9.79 Å². The number of hydrogen-bond donors (Lipinski definition) is 3. The molecule has 0 saturated heterocycles. The topological polar surface area (TPSA) is 153 Å². The Labute approximate surface area is 132 Å². The van der Waals surface area contributed by atoms with Gasteiger partial charge in [-0.1, -0.05) is 17.3 Å². The minimum atomic E-state index is -3.93. The molecule has 2 aromatic rings. The summed E-state index contributed by atoms with van der Waals surface area (Å²) in [6, 6.07) is 8.06. The fourth-order valence-corrected chi connectivity index (χ4v) is 3.59. The summed E-state index contributed by atoms with van der Waals surface area (Å²) in [5.41, 5.74) is 1.91. The Morgan fingerprint density at radius 3 is 1.43 bits per heavy atom. The molecule has 0 saturated carbocycles. The van der Waals surface area contributed by atoms with Crippen LogP contribution in [-0.2, 0) is 20.0 Å². The van der Waals surface area contributed by atoms with Gasteiger partial charge in [-0.3, -0.25) is 0 Å². The maximum atomic E-state index is 11.5. The summed E-state index contributed by atoms with van der Waals surface area (Å²) in [5.74, 6) is 0. The Morgan fingerprint density at radius 1 is 0.739 bits per heavy atom. The first-order valence-corrected chi connectivity index (χ1v) is 9.29. The van der Waals surface area contributed by atoms with Gasteiger partial charge in [0.15, 0.2) is 0 Å². The molecule has 0 amide bonds. The zero-order valence-corrected chi connectivity index (χ0v) is 13.1. The van der Waals surface area contributed by atoms with Gasteiger partial charge in [-0.25, -0.2) is 27.1 Å². The number of benzene rings is 2. The third-order valence-corrected chi connectivity index (χ3v) is 5.36. The Morgan fingerprint density at radius 2 is 1.13 bits per heavy atom. The quantitative estimate of drug-likeness (QED) is 0.443. The SMILES string of the molecule is NS(=O)(=O)c1ccc2c(c1)-c1cc(S(N)(=O)=O)ccc1C2=NO. The van der Waals surface area contributed by atoms with Crippen LogP contribution in [0.25, 0.3) is 11.1 Å². The van der Waals surface area contributed by atoms with Crippen molar-refractivity contribution in [3.05, 3.63) is 47.5 Å². The molecule has 0 radical (unpaired) electrons. The van der Waals surface area contributed by atoms with Crippen molar-refractivity contribution >= 4 is 25.8 Å². The third kappa shape index (κ3) is 2.51. The molecule has 1 aliphatic carbocycles. The second kappa shape index (κ2) is 4.86. The first-order chi connectivity index (χ1) is 10.6. The summed E-state index contributed by atoms with van der Waals surface area (Å²) in [5, 5.41) is 22.7. The van der Waals surface area contributed by atoms with Crippen LogP contribution >= 0.6 is 0 Å². The number of rotatable bonds is 2. The predicted octanol–water partition coefficient (Wildman–Crippen LogP) is 0.188. The summed E-state index contributed by atoms with van der Waals surface area (Å²) in [7, 11) is -7.87. The van der Waals surface area contributed by atoms with E-state index in [-0.39, 0.29) is 15.5 Å². The summed E-state index contributed by atoms with van der Waals surface area (Å²) >= 11 is 0. The van der Waals surface area contributed by atoms with Crippen LogP contribution in [0, 0.1) is 0 Å². The Bertz CT molecular complexity index is 989. The van der Waals surface area contributed by atoms with Crippen molar-refractivity contribution < 1.29 is 22.0 Å². The van der Waals surface area contributed by atoms with Crippen LogP contribution in [-0.4, -0.2) is 27.8 Å². The van der Waals surface area contributed by atoms with Crippen molar-refractivity contribution in [1.82, 2.24) is 0 Å². The van der Waals surface area contributed by atoms with E-state index in [1.54, 1.807) is 0 Å². The zero-order valence-electron chi connectivity index (χ0n) is 11.5. The molecule has 0 spiro atoms. The first-order valence-electron chi connectivity index (χ1n) is 6.20. The van der Waals surface area contributed by atoms with Crippen molar-refractivity contribution in [2.24, 2.45) is 15.4 Å². The van der Waals surface area contributed by atoms with Crippen LogP contribution in [0.2, 0.25) is 0 Å². The molecule has 0 heterocycles. The summed E-state index contributed by atoms with van der Waals surface area (Å²) < 4.78 is 46.0. The molecular weight excluding hydrogens is 342 g/mol. The Hall–Kier alpha value is -2.27. The highest BCUT2D eigenvalue weighted by molar-refractivity contribution is 7.89. The van der Waals surface area contributed by atoms with E-state index in [0.717, 1.165) is 0 Å². The number of nitrogens with zero attached hydrogens (tertiary/aromatic N) is 1. The molecule has 0 aliphatic heterocycles. The second-order valence-corrected chi connectivity index (χ2v) is 8.08. The van der Waals surface area contributed by atoms with E-state index in [4.69, 9.17) is 10.3 Å². The van der Waals surface area contributed by atoms with Crippen LogP contribution in [0.5, 0.6) is 0 Å². The lowest BCUT2D eigenvalue weighted by molar-refractivity contribution is 0.320. The van der Waals surface area contributed by atoms with E-state index in [0.29, 0.717) is 22.3 Å². The normalized spacial score (nSPS) is 13.6. The van der Waals surface area contributed by atoms with Crippen molar-refractivity contribution in [2.75, 3.05) is 0 Å². The number of hydrogen-bond acceptors (Lipinski definition) is 6. The number of nitrogens with two attached hydrogens (primary N) is 2. The molecule has 0 bridgehead atoms. The highest BCUT2D eigenvalue weighted by Gasteiger charge is 2.28. The average molecular weight is 353 g/mol. The second-order valence-electron chi connectivity index (χ2n) is 4.95. The van der Waals surface area contributed by atoms with E-state index in [2.05, 4.69) is 5.16 Å². The van der Waals surface area contributed by atoms with Gasteiger partial charge in [0.2, 0.25) is 20.0 Å². The van der Waals surface area contributed by atoms with Crippen molar-refractivity contribution in [1.29, 1.82) is 0 Å². The van der Waals surface area contributed by atoms with Gasteiger partial charge in [0.05, 0.1) is 9.79 Å². The molecule has 0 unspecified atom stereocenters. The summed E-state index contributed by atoms with van der Waals surface area (Å²) in [6.07, 6.45) is 0. The maximum absolute atomic E-state index is 11.5. The summed E-state index contributed by atoms with van der Waals surface area (Å²) in [6.45, 7) is 0. The van der Waals surface area contributed by atoms with Gasteiger partial charge in [-0.15, -0.1) is 0 Å². The van der Waals surface area contributed by atoms with Crippen LogP contribution in [0.3, 0.4) is 0 Å². The number of fused-ring (bicyclic) bond motifs is 3. The molecule has 0 fully saturated rings. The molecule has 23 heavy (non-hydrogen) atoms. The number of sulfonamides is 2. The molecule has 1 aliphatic rings. The molecule has 5 N–H and O–H groups in total. The van der Waals surface area contributed by atoms with E-state index < -0.39 is 20.0 Å². The smallest absolute Gasteiger partial charge is 0.238 e. The average Bonchev–Trinajstić information content (AvgIpc) is 2.77. The van der Waals surface area contributed by atoms with Gasteiger partial charge in [-0.2, -0.15) is 0 Å². The fraction of sp³-hybridized carbons (Fsp3) is 0. The first kappa shape index (κ1) is 15.6. The van der Waals surface area contributed by atoms with Crippen LogP contribution in [0.4, 0.5) is 0 Å². The highest BCUT2D eigenvalue weighted by atomic mass is 32.2. The number of oxime groups is 1. The van der Waals surface area contributed by atoms with Crippen molar-refractivity contribution in [3.63, 3.8) is 0 Å². The van der Waals surface area contributed by atoms with E-state index in [9.17, 15) is 22.0 Å². The van der Waals surface area contributed by atoms with Gasteiger partial charge in [0.1, 0.15) is 5.71 Å². The van der Waals surface area contributed by atoms with Crippen LogP contribution in [0.15, 0.2) is 51.3 Å². The fourth-order valence-electron chi connectivity index (χ4n) is 2.51. The van der Waals surface area contributed by atoms with E-state index in [1.165, 1.54) is 36.4 Å². The molecular formula is C13H11N3O5S2. The zero-order chi connectivity index (χ0) is 17.0. The molecule has 8 nitrogen and oxygen atoms in total. The van der Waals surface area contributed by atoms with Gasteiger partial charge in [0, 0.05) is 11.1 Å². The molecule has 3 rings (SSSR count). The Balaban J connectivity index is 2.36. The van der Waals surface area contributed by atoms with Crippen LogP contribution in [0.1, 0.15) is 11.1 Å². The standard InChI is InChI=1S/C13H11N3O5S2/c14-22(18,19)7-1-3-9-11(5-7)12-6-8(23(15,20)21)2-4-10(12)13(9)16-17/h1-6,17H,(H2,14,18,19)(H2,15,20,21). The van der Waals surface area contributed by atoms with E-state index in [1.807, 2.05) is 0 Å². The summed E-state index contributed by atoms with van der Waals surface area (Å²) in [4.78, 5) is -0.273. The molecule has 120 valence electrons. The predicted molar refractivity (Wildman–Crippen MR) is 82.0 cm³/mol. The third-order valence-electron chi connectivity index (χ3n) is 3.54. The highest BCUT2D eigenvalue weighted by Crippen LogP contribution is 2.39. The molecule has 0 aromatic heterocycles. The van der Waals surface area contributed by atoms with Gasteiger partial charge in [0.25, 0.3) is 0 Å². The molecule has 10 heteroatoms. The minimum absolute atomic E-state index is 0.137. The lowest BCUT2D eigenvalue weighted by Gasteiger charge is -2.05. The minimum Gasteiger partial charge on any atom is -0.410 e. The lowest BCUT2D eigenvalue weighted by atomic mass is 10.1. The monoisotopic (exact) mass is 353 g/mol. The van der Waals surface area contributed by atoms with Gasteiger partial charge < -0.3 is 5.21 Å². The maximum Gasteiger partial charge on any atom is 0.238 e. The molecule has 0 atom stereocenters. The lowest BCUT2D eigenvalue weighted by Crippen LogP contribution is -2.12.